The van der Waals surface area contributed by atoms with Crippen LogP contribution in [-0.4, -0.2) is 28.5 Å². The van der Waals surface area contributed by atoms with E-state index in [9.17, 15) is 9.90 Å². The molecule has 0 atom stereocenters. The lowest BCUT2D eigenvalue weighted by Crippen LogP contribution is -1.99. The van der Waals surface area contributed by atoms with Crippen LogP contribution in [-0.2, 0) is 4.84 Å². The molecule has 86 valence electrons. The van der Waals surface area contributed by atoms with Crippen LogP contribution in [0.1, 0.15) is 29.8 Å². The minimum absolute atomic E-state index is 0.0349. The van der Waals surface area contributed by atoms with Crippen molar-refractivity contribution in [2.75, 3.05) is 0 Å². The molecular formula is C11H13NO4. The maximum Gasteiger partial charge on any atom is 0.339 e. The van der Waals surface area contributed by atoms with Gasteiger partial charge in [0.1, 0.15) is 17.4 Å². The summed E-state index contributed by atoms with van der Waals surface area (Å²) >= 11 is 0. The lowest BCUT2D eigenvalue weighted by atomic mass is 10.1. The van der Waals surface area contributed by atoms with Gasteiger partial charge in [0, 0.05) is 0 Å². The van der Waals surface area contributed by atoms with Crippen molar-refractivity contribution in [2.24, 2.45) is 5.16 Å². The standard InChI is InChI=1S/C11H13NO4/c1-7(2)16-12-6-8-3-4-10(13)9(5-8)11(14)15/h3-7,13H,1-2H3,(H,14,15)/b12-6-. The molecule has 5 heteroatoms. The molecule has 0 bridgehead atoms. The number of oxime groups is 1. The van der Waals surface area contributed by atoms with Crippen LogP contribution in [0.15, 0.2) is 23.4 Å². The van der Waals surface area contributed by atoms with Crippen molar-refractivity contribution in [1.82, 2.24) is 0 Å². The second-order valence-corrected chi connectivity index (χ2v) is 3.47. The number of carboxylic acid groups (broad SMARTS) is 1. The Morgan fingerprint density at radius 3 is 2.75 bits per heavy atom. The SMILES string of the molecule is CC(C)O/N=C\c1ccc(O)c(C(=O)O)c1. The summed E-state index contributed by atoms with van der Waals surface area (Å²) in [6, 6.07) is 4.18. The van der Waals surface area contributed by atoms with Crippen molar-refractivity contribution in [3.05, 3.63) is 29.3 Å². The highest BCUT2D eigenvalue weighted by atomic mass is 16.6. The molecule has 0 aliphatic rings. The van der Waals surface area contributed by atoms with E-state index in [2.05, 4.69) is 5.16 Å². The Labute approximate surface area is 93.0 Å². The molecule has 0 amide bonds. The topological polar surface area (TPSA) is 79.1 Å². The van der Waals surface area contributed by atoms with Crippen molar-refractivity contribution in [3.63, 3.8) is 0 Å². The number of aromatic hydroxyl groups is 1. The molecule has 1 aromatic carbocycles. The normalized spacial score (nSPS) is 10.9. The zero-order valence-electron chi connectivity index (χ0n) is 9.04. The second-order valence-electron chi connectivity index (χ2n) is 3.47. The van der Waals surface area contributed by atoms with Gasteiger partial charge >= 0.3 is 5.97 Å². The first-order valence-electron chi connectivity index (χ1n) is 4.76. The molecule has 0 unspecified atom stereocenters. The number of phenols is 1. The van der Waals surface area contributed by atoms with E-state index in [0.717, 1.165) is 0 Å². The van der Waals surface area contributed by atoms with Gasteiger partial charge in [0.05, 0.1) is 6.21 Å². The molecule has 0 aliphatic heterocycles. The summed E-state index contributed by atoms with van der Waals surface area (Å²) in [6.07, 6.45) is 1.36. The highest BCUT2D eigenvalue weighted by Crippen LogP contribution is 2.17. The first-order valence-corrected chi connectivity index (χ1v) is 4.76. The zero-order chi connectivity index (χ0) is 12.1. The second kappa shape index (κ2) is 5.16. The van der Waals surface area contributed by atoms with E-state index in [4.69, 9.17) is 9.94 Å². The molecule has 5 nitrogen and oxygen atoms in total. The molecule has 0 fully saturated rings. The summed E-state index contributed by atoms with van der Waals surface area (Å²) in [7, 11) is 0. The van der Waals surface area contributed by atoms with E-state index in [1.165, 1.54) is 18.3 Å². The lowest BCUT2D eigenvalue weighted by molar-refractivity contribution is 0.0693. The minimum atomic E-state index is -1.18. The Bertz CT molecular complexity index is 412. The van der Waals surface area contributed by atoms with Crippen molar-refractivity contribution < 1.29 is 19.8 Å². The molecule has 0 spiro atoms. The lowest BCUT2D eigenvalue weighted by Gasteiger charge is -2.02. The molecule has 0 saturated carbocycles. The van der Waals surface area contributed by atoms with Crippen LogP contribution in [0.2, 0.25) is 0 Å². The van der Waals surface area contributed by atoms with Crippen molar-refractivity contribution in [1.29, 1.82) is 0 Å². The maximum atomic E-state index is 10.7. The Kier molecular flexibility index (Phi) is 3.88. The minimum Gasteiger partial charge on any atom is -0.507 e. The van der Waals surface area contributed by atoms with E-state index in [1.54, 1.807) is 6.07 Å². The number of hydrogen-bond donors (Lipinski definition) is 2. The number of nitrogens with zero attached hydrogens (tertiary/aromatic N) is 1. The third kappa shape index (κ3) is 3.27. The van der Waals surface area contributed by atoms with E-state index in [1.807, 2.05) is 13.8 Å². The maximum absolute atomic E-state index is 10.7. The third-order valence-corrected chi connectivity index (χ3v) is 1.72. The highest BCUT2D eigenvalue weighted by Gasteiger charge is 2.09. The third-order valence-electron chi connectivity index (χ3n) is 1.72. The van der Waals surface area contributed by atoms with Gasteiger partial charge in [0.15, 0.2) is 0 Å². The molecule has 0 heterocycles. The van der Waals surface area contributed by atoms with Crippen LogP contribution < -0.4 is 0 Å². The van der Waals surface area contributed by atoms with Gasteiger partial charge in [0.2, 0.25) is 0 Å². The highest BCUT2D eigenvalue weighted by molar-refractivity contribution is 5.93. The molecule has 1 rings (SSSR count). The fourth-order valence-corrected chi connectivity index (χ4v) is 1.02. The van der Waals surface area contributed by atoms with Gasteiger partial charge in [-0.05, 0) is 37.6 Å². The largest absolute Gasteiger partial charge is 0.507 e. The number of carbonyl (C=O) groups is 1. The quantitative estimate of drug-likeness (QED) is 0.603. The van der Waals surface area contributed by atoms with Gasteiger partial charge < -0.3 is 15.1 Å². The zero-order valence-corrected chi connectivity index (χ0v) is 9.04. The van der Waals surface area contributed by atoms with E-state index >= 15 is 0 Å². The fourth-order valence-electron chi connectivity index (χ4n) is 1.02. The monoisotopic (exact) mass is 223 g/mol. The number of rotatable bonds is 4. The first kappa shape index (κ1) is 12.0. The molecule has 0 aromatic heterocycles. The first-order chi connectivity index (χ1) is 7.50. The summed E-state index contributed by atoms with van der Waals surface area (Å²) in [5.41, 5.74) is 0.393. The van der Waals surface area contributed by atoms with Gasteiger partial charge in [-0.2, -0.15) is 0 Å². The van der Waals surface area contributed by atoms with Gasteiger partial charge in [0.25, 0.3) is 0 Å². The number of hydrogen-bond acceptors (Lipinski definition) is 4. The number of benzene rings is 1. The van der Waals surface area contributed by atoms with Crippen molar-refractivity contribution in [3.8, 4) is 5.75 Å². The van der Waals surface area contributed by atoms with Gasteiger partial charge in [-0.1, -0.05) is 5.16 Å². The molecule has 2 N–H and O–H groups in total. The molecule has 16 heavy (non-hydrogen) atoms. The van der Waals surface area contributed by atoms with Gasteiger partial charge in [-0.3, -0.25) is 0 Å². The average Bonchev–Trinajstić information content (AvgIpc) is 2.19. The summed E-state index contributed by atoms with van der Waals surface area (Å²) in [5.74, 6) is -1.45. The molecule has 0 aliphatic carbocycles. The van der Waals surface area contributed by atoms with E-state index < -0.39 is 5.97 Å². The summed E-state index contributed by atoms with van der Waals surface area (Å²) in [6.45, 7) is 3.66. The van der Waals surface area contributed by atoms with Crippen molar-refractivity contribution in [2.45, 2.75) is 20.0 Å². The fraction of sp³-hybridized carbons (Fsp3) is 0.273. The Balaban J connectivity index is 2.87. The Morgan fingerprint density at radius 1 is 1.50 bits per heavy atom. The van der Waals surface area contributed by atoms with E-state index in [-0.39, 0.29) is 17.4 Å². The van der Waals surface area contributed by atoms with Gasteiger partial charge in [-0.15, -0.1) is 0 Å². The summed E-state index contributed by atoms with van der Waals surface area (Å²) in [5, 5.41) is 21.7. The predicted molar refractivity (Wildman–Crippen MR) is 58.9 cm³/mol. The molecule has 1 aromatic rings. The van der Waals surface area contributed by atoms with Crippen LogP contribution >= 0.6 is 0 Å². The number of aromatic carboxylic acids is 1. The van der Waals surface area contributed by atoms with Crippen LogP contribution in [0.4, 0.5) is 0 Å². The number of carboxylic acids is 1. The van der Waals surface area contributed by atoms with Crippen LogP contribution in [0.3, 0.4) is 0 Å². The Morgan fingerprint density at radius 2 is 2.19 bits per heavy atom. The van der Waals surface area contributed by atoms with Crippen LogP contribution in [0, 0.1) is 0 Å². The van der Waals surface area contributed by atoms with Crippen LogP contribution in [0.25, 0.3) is 0 Å². The van der Waals surface area contributed by atoms with Gasteiger partial charge in [-0.25, -0.2) is 4.79 Å². The summed E-state index contributed by atoms with van der Waals surface area (Å²) in [4.78, 5) is 15.7. The average molecular weight is 223 g/mol. The molecule has 0 radical (unpaired) electrons. The Hall–Kier alpha value is -2.04. The molecular weight excluding hydrogens is 210 g/mol. The van der Waals surface area contributed by atoms with Crippen LogP contribution in [0.5, 0.6) is 5.75 Å². The van der Waals surface area contributed by atoms with Crippen molar-refractivity contribution >= 4 is 12.2 Å². The molecule has 0 saturated heterocycles. The predicted octanol–water partition coefficient (Wildman–Crippen LogP) is 1.85. The summed E-state index contributed by atoms with van der Waals surface area (Å²) < 4.78 is 0. The van der Waals surface area contributed by atoms with E-state index in [0.29, 0.717) is 5.56 Å². The smallest absolute Gasteiger partial charge is 0.339 e.